The van der Waals surface area contributed by atoms with Crippen LogP contribution in [0.15, 0.2) is 84.0 Å². The third-order valence-corrected chi connectivity index (χ3v) is 5.80. The topological polar surface area (TPSA) is 64.7 Å². The molecule has 0 bridgehead atoms. The summed E-state index contributed by atoms with van der Waals surface area (Å²) in [5.74, 6) is -0.183. The molecule has 0 amide bonds. The maximum absolute atomic E-state index is 13.1. The minimum absolute atomic E-state index is 0.0207. The zero-order valence-electron chi connectivity index (χ0n) is 18.5. The molecule has 0 aliphatic heterocycles. The van der Waals surface area contributed by atoms with Crippen molar-refractivity contribution >= 4 is 11.4 Å². The zero-order valence-corrected chi connectivity index (χ0v) is 18.5. The third kappa shape index (κ3) is 6.56. The van der Waals surface area contributed by atoms with E-state index in [1.54, 1.807) is 18.2 Å². The molecular formula is C28H23F3N2O. The number of allylic oxidation sites excluding steroid dienone is 6. The van der Waals surface area contributed by atoms with Gasteiger partial charge >= 0.3 is 6.18 Å². The van der Waals surface area contributed by atoms with Crippen molar-refractivity contribution < 1.29 is 18.0 Å². The van der Waals surface area contributed by atoms with E-state index >= 15 is 0 Å². The summed E-state index contributed by atoms with van der Waals surface area (Å²) in [4.78, 5) is 11.7. The van der Waals surface area contributed by atoms with Gasteiger partial charge in [0.25, 0.3) is 0 Å². The van der Waals surface area contributed by atoms with Crippen molar-refractivity contribution in [1.82, 2.24) is 0 Å². The molecule has 0 heterocycles. The Labute approximate surface area is 197 Å². The Bertz CT molecular complexity index is 1180. The van der Waals surface area contributed by atoms with Crippen LogP contribution in [0.3, 0.4) is 0 Å². The Morgan fingerprint density at radius 2 is 1.68 bits per heavy atom. The molecule has 0 saturated carbocycles. The molecule has 34 heavy (non-hydrogen) atoms. The normalized spacial score (nSPS) is 14.7. The fourth-order valence-electron chi connectivity index (χ4n) is 4.02. The SMILES string of the molecule is N#CC(C#N)=C(C[C@H](C/C=C/C1=CC(=O)CCC1)c1ccc(C(F)(F)F)cc1)c1ccccc1. The predicted molar refractivity (Wildman–Crippen MR) is 124 cm³/mol. The van der Waals surface area contributed by atoms with E-state index in [-0.39, 0.29) is 17.3 Å². The van der Waals surface area contributed by atoms with E-state index in [2.05, 4.69) is 0 Å². The number of hydrogen-bond donors (Lipinski definition) is 0. The summed E-state index contributed by atoms with van der Waals surface area (Å²) in [6, 6.07) is 18.0. The van der Waals surface area contributed by atoms with Crippen molar-refractivity contribution in [2.45, 2.75) is 44.2 Å². The van der Waals surface area contributed by atoms with Crippen LogP contribution in [0.2, 0.25) is 0 Å². The van der Waals surface area contributed by atoms with Gasteiger partial charge in [0, 0.05) is 6.42 Å². The minimum atomic E-state index is -4.43. The van der Waals surface area contributed by atoms with Crippen LogP contribution >= 0.6 is 0 Å². The summed E-state index contributed by atoms with van der Waals surface area (Å²) in [5, 5.41) is 19.1. The van der Waals surface area contributed by atoms with Gasteiger partial charge in [-0.05, 0) is 72.1 Å². The molecule has 0 radical (unpaired) electrons. The molecule has 3 rings (SSSR count). The van der Waals surface area contributed by atoms with Gasteiger partial charge < -0.3 is 0 Å². The lowest BCUT2D eigenvalue weighted by Crippen LogP contribution is -2.06. The van der Waals surface area contributed by atoms with Crippen LogP contribution in [0, 0.1) is 22.7 Å². The highest BCUT2D eigenvalue weighted by Gasteiger charge is 2.30. The number of alkyl halides is 3. The first-order chi connectivity index (χ1) is 16.3. The number of hydrogen-bond acceptors (Lipinski definition) is 3. The van der Waals surface area contributed by atoms with E-state index in [9.17, 15) is 28.5 Å². The number of ketones is 1. The summed E-state index contributed by atoms with van der Waals surface area (Å²) in [6.07, 6.45) is 3.90. The second-order valence-corrected chi connectivity index (χ2v) is 8.14. The number of carbonyl (C=O) groups excluding carboxylic acids is 1. The standard InChI is InChI=1S/C28H23F3N2O/c29-28(30,31)25-14-12-21(13-15-25)23(10-4-6-20-7-5-11-26(34)16-20)17-27(24(18-32)19-33)22-8-2-1-3-9-22/h1-4,6,8-9,12-16,23H,5,7,10-11,17H2/b6-4+/t23-/m0/s1. The lowest BCUT2D eigenvalue weighted by atomic mass is 9.84. The van der Waals surface area contributed by atoms with Crippen LogP contribution in [0.4, 0.5) is 13.2 Å². The highest BCUT2D eigenvalue weighted by molar-refractivity contribution is 5.91. The fourth-order valence-corrected chi connectivity index (χ4v) is 4.02. The lowest BCUT2D eigenvalue weighted by Gasteiger charge is -2.19. The predicted octanol–water partition coefficient (Wildman–Crippen LogP) is 7.31. The molecule has 172 valence electrons. The number of halogens is 3. The third-order valence-electron chi connectivity index (χ3n) is 5.80. The van der Waals surface area contributed by atoms with Gasteiger partial charge in [-0.15, -0.1) is 0 Å². The van der Waals surface area contributed by atoms with Gasteiger partial charge in [-0.3, -0.25) is 4.79 Å². The molecule has 0 unspecified atom stereocenters. The maximum Gasteiger partial charge on any atom is 0.416 e. The molecular weight excluding hydrogens is 437 g/mol. The summed E-state index contributed by atoms with van der Waals surface area (Å²) in [6.45, 7) is 0. The van der Waals surface area contributed by atoms with Crippen LogP contribution in [0.25, 0.3) is 5.57 Å². The first-order valence-electron chi connectivity index (χ1n) is 11.0. The monoisotopic (exact) mass is 460 g/mol. The van der Waals surface area contributed by atoms with Crippen molar-refractivity contribution in [3.63, 3.8) is 0 Å². The van der Waals surface area contributed by atoms with Gasteiger partial charge in [0.15, 0.2) is 5.78 Å². The summed E-state index contributed by atoms with van der Waals surface area (Å²) in [7, 11) is 0. The molecule has 0 fully saturated rings. The molecule has 6 heteroatoms. The first kappa shape index (κ1) is 24.7. The number of carbonyl (C=O) groups is 1. The van der Waals surface area contributed by atoms with Crippen molar-refractivity contribution in [2.75, 3.05) is 0 Å². The van der Waals surface area contributed by atoms with Crippen LogP contribution in [0.5, 0.6) is 0 Å². The number of nitrogens with zero attached hydrogens (tertiary/aromatic N) is 2. The second-order valence-electron chi connectivity index (χ2n) is 8.14. The molecule has 0 saturated heterocycles. The van der Waals surface area contributed by atoms with Crippen molar-refractivity contribution in [2.24, 2.45) is 0 Å². The molecule has 0 aromatic heterocycles. The van der Waals surface area contributed by atoms with Crippen LogP contribution < -0.4 is 0 Å². The van der Waals surface area contributed by atoms with Crippen LogP contribution in [-0.2, 0) is 11.0 Å². The number of benzene rings is 2. The summed E-state index contributed by atoms with van der Waals surface area (Å²) < 4.78 is 39.2. The quantitative estimate of drug-likeness (QED) is 0.407. The van der Waals surface area contributed by atoms with Gasteiger partial charge in [0.05, 0.1) is 5.56 Å². The van der Waals surface area contributed by atoms with Gasteiger partial charge in [0.2, 0.25) is 0 Å². The molecule has 1 aliphatic rings. The van der Waals surface area contributed by atoms with E-state index in [1.807, 2.05) is 42.5 Å². The van der Waals surface area contributed by atoms with Gasteiger partial charge in [0.1, 0.15) is 17.7 Å². The molecule has 2 aromatic rings. The van der Waals surface area contributed by atoms with E-state index < -0.39 is 11.7 Å². The minimum Gasteiger partial charge on any atom is -0.295 e. The zero-order chi connectivity index (χ0) is 24.6. The first-order valence-corrected chi connectivity index (χ1v) is 11.0. The van der Waals surface area contributed by atoms with Crippen molar-refractivity contribution in [3.05, 3.63) is 101 Å². The Balaban J connectivity index is 1.96. The second kappa shape index (κ2) is 11.3. The number of rotatable bonds is 7. The van der Waals surface area contributed by atoms with Gasteiger partial charge in [-0.1, -0.05) is 54.6 Å². The molecule has 1 aliphatic carbocycles. The number of nitriles is 2. The van der Waals surface area contributed by atoms with E-state index in [0.29, 0.717) is 30.4 Å². The van der Waals surface area contributed by atoms with Crippen LogP contribution in [-0.4, -0.2) is 5.78 Å². The molecule has 3 nitrogen and oxygen atoms in total. The molecule has 0 N–H and O–H groups in total. The smallest absolute Gasteiger partial charge is 0.295 e. The van der Waals surface area contributed by atoms with Crippen molar-refractivity contribution in [1.29, 1.82) is 10.5 Å². The summed E-state index contributed by atoms with van der Waals surface area (Å²) >= 11 is 0. The Kier molecular flexibility index (Phi) is 8.22. The summed E-state index contributed by atoms with van der Waals surface area (Å²) in [5.41, 5.74) is 2.13. The highest BCUT2D eigenvalue weighted by Crippen LogP contribution is 2.36. The van der Waals surface area contributed by atoms with Crippen LogP contribution in [0.1, 0.15) is 54.7 Å². The average molecular weight is 460 g/mol. The average Bonchev–Trinajstić information content (AvgIpc) is 2.83. The highest BCUT2D eigenvalue weighted by atomic mass is 19.4. The molecule has 1 atom stereocenters. The van der Waals surface area contributed by atoms with E-state index in [0.717, 1.165) is 36.1 Å². The lowest BCUT2D eigenvalue weighted by molar-refractivity contribution is -0.137. The fraction of sp³-hybridized carbons (Fsp3) is 0.250. The van der Waals surface area contributed by atoms with Crippen molar-refractivity contribution in [3.8, 4) is 12.1 Å². The largest absolute Gasteiger partial charge is 0.416 e. The van der Waals surface area contributed by atoms with Gasteiger partial charge in [-0.2, -0.15) is 23.7 Å². The Morgan fingerprint density at radius 3 is 2.26 bits per heavy atom. The Morgan fingerprint density at radius 1 is 1.00 bits per heavy atom. The molecule has 2 aromatic carbocycles. The van der Waals surface area contributed by atoms with E-state index in [4.69, 9.17) is 0 Å². The van der Waals surface area contributed by atoms with E-state index in [1.165, 1.54) is 12.1 Å². The maximum atomic E-state index is 13.1. The van der Waals surface area contributed by atoms with Gasteiger partial charge in [-0.25, -0.2) is 0 Å². The Hall–Kier alpha value is -3.90. The molecule has 0 spiro atoms.